The Morgan fingerprint density at radius 1 is 1.53 bits per heavy atom. The first kappa shape index (κ1) is 13.6. The van der Waals surface area contributed by atoms with E-state index < -0.39 is 0 Å². The standard InChI is InChI=1S/C13H19FN4O/c1-17(2)10-5-6-18(8-10)12-4-3-9(7-11(12)14)13(15)16-19/h3-4,7,10,19H,5-6,8H2,1-2H3,(H2,15,16). The Morgan fingerprint density at radius 2 is 2.26 bits per heavy atom. The Balaban J connectivity index is 2.18. The van der Waals surface area contributed by atoms with Crippen molar-refractivity contribution in [3.05, 3.63) is 29.6 Å². The highest BCUT2D eigenvalue weighted by molar-refractivity contribution is 5.97. The summed E-state index contributed by atoms with van der Waals surface area (Å²) in [6.45, 7) is 1.65. The molecule has 2 rings (SSSR count). The molecular weight excluding hydrogens is 247 g/mol. The number of oxime groups is 1. The van der Waals surface area contributed by atoms with Crippen LogP contribution in [0, 0.1) is 5.82 Å². The summed E-state index contributed by atoms with van der Waals surface area (Å²) >= 11 is 0. The maximum absolute atomic E-state index is 14.1. The van der Waals surface area contributed by atoms with Crippen LogP contribution in [0.25, 0.3) is 0 Å². The highest BCUT2D eigenvalue weighted by atomic mass is 19.1. The van der Waals surface area contributed by atoms with Gasteiger partial charge in [0, 0.05) is 24.7 Å². The molecule has 3 N–H and O–H groups in total. The van der Waals surface area contributed by atoms with Gasteiger partial charge in [0.25, 0.3) is 0 Å². The number of halogens is 1. The van der Waals surface area contributed by atoms with E-state index >= 15 is 0 Å². The number of rotatable bonds is 3. The van der Waals surface area contributed by atoms with E-state index in [1.165, 1.54) is 6.07 Å². The van der Waals surface area contributed by atoms with Gasteiger partial charge in [0.15, 0.2) is 5.84 Å². The van der Waals surface area contributed by atoms with Crippen LogP contribution in [0.3, 0.4) is 0 Å². The molecule has 0 radical (unpaired) electrons. The van der Waals surface area contributed by atoms with Gasteiger partial charge in [-0.25, -0.2) is 4.39 Å². The summed E-state index contributed by atoms with van der Waals surface area (Å²) in [4.78, 5) is 4.18. The van der Waals surface area contributed by atoms with Crippen molar-refractivity contribution in [2.45, 2.75) is 12.5 Å². The predicted octanol–water partition coefficient (Wildman–Crippen LogP) is 1.06. The molecule has 0 aromatic heterocycles. The lowest BCUT2D eigenvalue weighted by Gasteiger charge is -2.22. The first-order valence-corrected chi connectivity index (χ1v) is 6.21. The third-order valence-electron chi connectivity index (χ3n) is 3.59. The third kappa shape index (κ3) is 2.78. The van der Waals surface area contributed by atoms with E-state index in [1.807, 2.05) is 19.0 Å². The fourth-order valence-electron chi connectivity index (χ4n) is 2.36. The number of nitrogens with zero attached hydrogens (tertiary/aromatic N) is 3. The zero-order chi connectivity index (χ0) is 14.0. The molecule has 1 atom stereocenters. The Morgan fingerprint density at radius 3 is 2.79 bits per heavy atom. The molecule has 0 bridgehead atoms. The van der Waals surface area contributed by atoms with Crippen LogP contribution >= 0.6 is 0 Å². The maximum Gasteiger partial charge on any atom is 0.170 e. The van der Waals surface area contributed by atoms with Gasteiger partial charge in [0.1, 0.15) is 5.82 Å². The topological polar surface area (TPSA) is 65.1 Å². The molecule has 1 aliphatic heterocycles. The van der Waals surface area contributed by atoms with Gasteiger partial charge in [0.2, 0.25) is 0 Å². The Kier molecular flexibility index (Phi) is 3.90. The number of likely N-dealkylation sites (N-methyl/N-ethyl adjacent to an activating group) is 1. The monoisotopic (exact) mass is 266 g/mol. The largest absolute Gasteiger partial charge is 0.409 e. The highest BCUT2D eigenvalue weighted by Crippen LogP contribution is 2.25. The molecular formula is C13H19FN4O. The van der Waals surface area contributed by atoms with Crippen LogP contribution in [0.1, 0.15) is 12.0 Å². The summed E-state index contributed by atoms with van der Waals surface area (Å²) in [5, 5.41) is 11.5. The summed E-state index contributed by atoms with van der Waals surface area (Å²) < 4.78 is 14.1. The molecule has 1 heterocycles. The van der Waals surface area contributed by atoms with Gasteiger partial charge in [-0.1, -0.05) is 5.16 Å². The first-order chi connectivity index (χ1) is 9.02. The third-order valence-corrected chi connectivity index (χ3v) is 3.59. The summed E-state index contributed by atoms with van der Waals surface area (Å²) in [7, 11) is 4.07. The molecule has 1 aromatic rings. The minimum Gasteiger partial charge on any atom is -0.409 e. The Hall–Kier alpha value is -1.82. The second kappa shape index (κ2) is 5.44. The molecule has 1 aliphatic rings. The zero-order valence-corrected chi connectivity index (χ0v) is 11.2. The van der Waals surface area contributed by atoms with Crippen molar-refractivity contribution in [2.24, 2.45) is 10.9 Å². The number of hydrogen-bond acceptors (Lipinski definition) is 4. The highest BCUT2D eigenvalue weighted by Gasteiger charge is 2.25. The number of anilines is 1. The van der Waals surface area contributed by atoms with Gasteiger partial charge in [0.05, 0.1) is 5.69 Å². The molecule has 0 aliphatic carbocycles. The number of nitrogens with two attached hydrogens (primary N) is 1. The van der Waals surface area contributed by atoms with Crippen molar-refractivity contribution in [3.63, 3.8) is 0 Å². The molecule has 0 amide bonds. The smallest absolute Gasteiger partial charge is 0.170 e. The second-order valence-electron chi connectivity index (χ2n) is 5.00. The minimum absolute atomic E-state index is 0.0851. The quantitative estimate of drug-likeness (QED) is 0.371. The molecule has 5 nitrogen and oxygen atoms in total. The van der Waals surface area contributed by atoms with E-state index in [1.54, 1.807) is 12.1 Å². The summed E-state index contributed by atoms with van der Waals surface area (Å²) in [5.74, 6) is -0.429. The van der Waals surface area contributed by atoms with E-state index in [2.05, 4.69) is 10.1 Å². The van der Waals surface area contributed by atoms with Crippen LogP contribution in [-0.4, -0.2) is 49.2 Å². The number of hydrogen-bond donors (Lipinski definition) is 2. The van der Waals surface area contributed by atoms with Gasteiger partial charge < -0.3 is 20.7 Å². The molecule has 1 unspecified atom stereocenters. The van der Waals surface area contributed by atoms with E-state index in [0.29, 0.717) is 17.3 Å². The summed E-state index contributed by atoms with van der Waals surface area (Å²) in [6.07, 6.45) is 1.02. The lowest BCUT2D eigenvalue weighted by atomic mass is 10.1. The number of benzene rings is 1. The van der Waals surface area contributed by atoms with Crippen LogP contribution in [0.15, 0.2) is 23.4 Å². The van der Waals surface area contributed by atoms with E-state index in [4.69, 9.17) is 10.9 Å². The fraction of sp³-hybridized carbons (Fsp3) is 0.462. The van der Waals surface area contributed by atoms with Gasteiger partial charge in [-0.05, 0) is 38.7 Å². The van der Waals surface area contributed by atoms with E-state index in [9.17, 15) is 4.39 Å². The molecule has 0 spiro atoms. The van der Waals surface area contributed by atoms with Gasteiger partial charge in [-0.2, -0.15) is 0 Å². The van der Waals surface area contributed by atoms with Crippen LogP contribution in [-0.2, 0) is 0 Å². The molecule has 104 valence electrons. The molecule has 6 heteroatoms. The van der Waals surface area contributed by atoms with Gasteiger partial charge in [-0.3, -0.25) is 0 Å². The average molecular weight is 266 g/mol. The Bertz CT molecular complexity index is 490. The van der Waals surface area contributed by atoms with Crippen molar-refractivity contribution in [1.82, 2.24) is 4.90 Å². The van der Waals surface area contributed by atoms with Crippen LogP contribution < -0.4 is 10.6 Å². The molecule has 0 saturated carbocycles. The van der Waals surface area contributed by atoms with Gasteiger partial charge >= 0.3 is 0 Å². The van der Waals surface area contributed by atoms with Gasteiger partial charge in [-0.15, -0.1) is 0 Å². The zero-order valence-electron chi connectivity index (χ0n) is 11.2. The predicted molar refractivity (Wildman–Crippen MR) is 73.2 cm³/mol. The lowest BCUT2D eigenvalue weighted by Crippen LogP contribution is -2.31. The average Bonchev–Trinajstić information content (AvgIpc) is 2.87. The molecule has 1 aromatic carbocycles. The van der Waals surface area contributed by atoms with Crippen LogP contribution in [0.4, 0.5) is 10.1 Å². The number of amidine groups is 1. The summed E-state index contributed by atoms with van der Waals surface area (Å²) in [6, 6.07) is 5.09. The summed E-state index contributed by atoms with van der Waals surface area (Å²) in [5.41, 5.74) is 6.39. The van der Waals surface area contributed by atoms with Crippen molar-refractivity contribution in [1.29, 1.82) is 0 Å². The normalized spacial score (nSPS) is 20.3. The van der Waals surface area contributed by atoms with E-state index in [0.717, 1.165) is 19.5 Å². The lowest BCUT2D eigenvalue weighted by molar-refractivity contribution is 0.315. The van der Waals surface area contributed by atoms with Crippen LogP contribution in [0.2, 0.25) is 0 Å². The van der Waals surface area contributed by atoms with Crippen molar-refractivity contribution < 1.29 is 9.60 Å². The minimum atomic E-state index is -0.344. The molecule has 1 saturated heterocycles. The van der Waals surface area contributed by atoms with Crippen molar-refractivity contribution >= 4 is 11.5 Å². The molecule has 1 fully saturated rings. The first-order valence-electron chi connectivity index (χ1n) is 6.21. The van der Waals surface area contributed by atoms with Crippen LogP contribution in [0.5, 0.6) is 0 Å². The maximum atomic E-state index is 14.1. The SMILES string of the molecule is CN(C)C1CCN(c2ccc(C(N)=NO)cc2F)C1. The molecule has 19 heavy (non-hydrogen) atoms. The fourth-order valence-corrected chi connectivity index (χ4v) is 2.36. The second-order valence-corrected chi connectivity index (χ2v) is 5.00. The van der Waals surface area contributed by atoms with Crippen molar-refractivity contribution in [3.8, 4) is 0 Å². The Labute approximate surface area is 112 Å². The van der Waals surface area contributed by atoms with E-state index in [-0.39, 0.29) is 11.7 Å². The van der Waals surface area contributed by atoms with Crippen molar-refractivity contribution in [2.75, 3.05) is 32.1 Å².